The van der Waals surface area contributed by atoms with Gasteiger partial charge in [-0.05, 0) is 5.92 Å². The summed E-state index contributed by atoms with van der Waals surface area (Å²) in [5, 5.41) is 0. The molecule has 0 aromatic rings. The minimum atomic E-state index is -1.08. The minimum Gasteiger partial charge on any atom is -0.247 e. The maximum absolute atomic E-state index is 12.5. The van der Waals surface area contributed by atoms with Crippen molar-refractivity contribution in [3.05, 3.63) is 12.4 Å². The van der Waals surface area contributed by atoms with E-state index in [1.54, 1.807) is 13.8 Å². The van der Waals surface area contributed by atoms with Crippen molar-refractivity contribution >= 4 is 0 Å². The van der Waals surface area contributed by atoms with Gasteiger partial charge in [-0.25, -0.2) is 8.78 Å². The zero-order valence-corrected chi connectivity index (χ0v) is 5.82. The largest absolute Gasteiger partial charge is 0.247 e. The highest BCUT2D eigenvalue weighted by atomic mass is 19.1. The molecule has 0 aromatic heterocycles. The molecule has 0 aliphatic carbocycles. The van der Waals surface area contributed by atoms with Crippen LogP contribution in [0.15, 0.2) is 12.4 Å². The molecular weight excluding hydrogens is 122 g/mol. The Labute approximate surface area is 54.6 Å². The first-order valence-electron chi connectivity index (χ1n) is 3.01. The van der Waals surface area contributed by atoms with E-state index in [-0.39, 0.29) is 12.3 Å². The summed E-state index contributed by atoms with van der Waals surface area (Å²) in [5.41, 5.74) is 0. The average molecular weight is 134 g/mol. The van der Waals surface area contributed by atoms with E-state index in [4.69, 9.17) is 0 Å². The topological polar surface area (TPSA) is 0 Å². The molecule has 0 bridgehead atoms. The van der Waals surface area contributed by atoms with Gasteiger partial charge in [0.15, 0.2) is 0 Å². The molecule has 0 aliphatic heterocycles. The van der Waals surface area contributed by atoms with Crippen molar-refractivity contribution < 1.29 is 8.78 Å². The molecule has 0 fully saturated rings. The number of halogens is 2. The second-order valence-electron chi connectivity index (χ2n) is 2.48. The van der Waals surface area contributed by atoms with Gasteiger partial charge < -0.3 is 0 Å². The van der Waals surface area contributed by atoms with Crippen LogP contribution in [0.1, 0.15) is 20.3 Å². The van der Waals surface area contributed by atoms with Crippen molar-refractivity contribution in [1.82, 2.24) is 0 Å². The number of alkyl halides is 1. The van der Waals surface area contributed by atoms with Crippen LogP contribution in [0, 0.1) is 5.92 Å². The van der Waals surface area contributed by atoms with Gasteiger partial charge in [0, 0.05) is 6.42 Å². The summed E-state index contributed by atoms with van der Waals surface area (Å²) >= 11 is 0. The van der Waals surface area contributed by atoms with Gasteiger partial charge in [0.05, 0.1) is 5.83 Å². The molecule has 2 heteroatoms. The lowest BCUT2D eigenvalue weighted by atomic mass is 10.1. The van der Waals surface area contributed by atoms with Crippen molar-refractivity contribution in [2.75, 3.05) is 0 Å². The molecule has 0 amide bonds. The third kappa shape index (κ3) is 4.13. The van der Waals surface area contributed by atoms with E-state index in [0.717, 1.165) is 0 Å². The average Bonchev–Trinajstić information content (AvgIpc) is 1.63. The summed E-state index contributed by atoms with van der Waals surface area (Å²) in [7, 11) is 0. The summed E-state index contributed by atoms with van der Waals surface area (Å²) < 4.78 is 24.4. The Hall–Kier alpha value is -0.400. The molecule has 1 unspecified atom stereocenters. The molecular formula is C7H12F2. The van der Waals surface area contributed by atoms with Gasteiger partial charge in [0.25, 0.3) is 0 Å². The Kier molecular flexibility index (Phi) is 3.43. The lowest BCUT2D eigenvalue weighted by molar-refractivity contribution is 0.242. The van der Waals surface area contributed by atoms with E-state index >= 15 is 0 Å². The van der Waals surface area contributed by atoms with Crippen LogP contribution in [0.5, 0.6) is 0 Å². The summed E-state index contributed by atoms with van der Waals surface area (Å²) in [5.74, 6) is -0.686. The van der Waals surface area contributed by atoms with Gasteiger partial charge in [-0.3, -0.25) is 0 Å². The van der Waals surface area contributed by atoms with Crippen LogP contribution >= 0.6 is 0 Å². The molecule has 9 heavy (non-hydrogen) atoms. The van der Waals surface area contributed by atoms with Crippen molar-refractivity contribution in [2.45, 2.75) is 26.4 Å². The predicted octanol–water partition coefficient (Wildman–Crippen LogP) is 2.85. The Morgan fingerprint density at radius 1 is 1.56 bits per heavy atom. The van der Waals surface area contributed by atoms with Gasteiger partial charge in [0.1, 0.15) is 6.17 Å². The second-order valence-corrected chi connectivity index (χ2v) is 2.48. The lowest BCUT2D eigenvalue weighted by Gasteiger charge is -2.08. The van der Waals surface area contributed by atoms with Crippen molar-refractivity contribution in [2.24, 2.45) is 5.92 Å². The van der Waals surface area contributed by atoms with E-state index in [0.29, 0.717) is 0 Å². The van der Waals surface area contributed by atoms with Crippen LogP contribution in [0.2, 0.25) is 0 Å². The molecule has 0 rings (SSSR count). The fraction of sp³-hybridized carbons (Fsp3) is 0.714. The lowest BCUT2D eigenvalue weighted by Crippen LogP contribution is -2.08. The van der Waals surface area contributed by atoms with Crippen molar-refractivity contribution in [1.29, 1.82) is 0 Å². The molecule has 0 N–H and O–H groups in total. The van der Waals surface area contributed by atoms with E-state index in [1.165, 1.54) is 0 Å². The SMILES string of the molecule is C=C(F)CC(F)C(C)C. The van der Waals surface area contributed by atoms with E-state index in [9.17, 15) is 8.78 Å². The molecule has 0 spiro atoms. The first-order valence-corrected chi connectivity index (χ1v) is 3.01. The fourth-order valence-electron chi connectivity index (χ4n) is 0.447. The van der Waals surface area contributed by atoms with Crippen LogP contribution in [0.25, 0.3) is 0 Å². The maximum atomic E-state index is 12.5. The van der Waals surface area contributed by atoms with Gasteiger partial charge in [-0.2, -0.15) is 0 Å². The highest BCUT2D eigenvalue weighted by Crippen LogP contribution is 2.15. The standard InChI is InChI=1S/C7H12F2/c1-5(2)7(9)4-6(3)8/h5,7H,3-4H2,1-2H3. The Balaban J connectivity index is 3.50. The van der Waals surface area contributed by atoms with E-state index in [1.807, 2.05) is 0 Å². The fourth-order valence-corrected chi connectivity index (χ4v) is 0.447. The zero-order valence-electron chi connectivity index (χ0n) is 5.82. The highest BCUT2D eigenvalue weighted by Gasteiger charge is 2.11. The summed E-state index contributed by atoms with van der Waals surface area (Å²) in [6.07, 6.45) is -1.24. The normalized spacial score (nSPS) is 13.9. The van der Waals surface area contributed by atoms with Crippen LogP contribution in [-0.2, 0) is 0 Å². The van der Waals surface area contributed by atoms with Crippen molar-refractivity contribution in [3.8, 4) is 0 Å². The first-order chi connectivity index (χ1) is 4.04. The minimum absolute atomic E-state index is 0.113. The third-order valence-corrected chi connectivity index (χ3v) is 1.14. The van der Waals surface area contributed by atoms with E-state index in [2.05, 4.69) is 6.58 Å². The molecule has 0 nitrogen and oxygen atoms in total. The third-order valence-electron chi connectivity index (χ3n) is 1.14. The Bertz CT molecular complexity index is 97.1. The van der Waals surface area contributed by atoms with Crippen LogP contribution in [0.4, 0.5) is 8.78 Å². The highest BCUT2D eigenvalue weighted by molar-refractivity contribution is 4.84. The zero-order chi connectivity index (χ0) is 7.44. The second kappa shape index (κ2) is 3.59. The van der Waals surface area contributed by atoms with E-state index < -0.39 is 12.0 Å². The van der Waals surface area contributed by atoms with Crippen molar-refractivity contribution in [3.63, 3.8) is 0 Å². The quantitative estimate of drug-likeness (QED) is 0.556. The monoisotopic (exact) mass is 134 g/mol. The number of hydrogen-bond donors (Lipinski definition) is 0. The molecule has 1 atom stereocenters. The number of rotatable bonds is 3. The van der Waals surface area contributed by atoms with Crippen LogP contribution in [-0.4, -0.2) is 6.17 Å². The smallest absolute Gasteiger partial charge is 0.109 e. The molecule has 0 radical (unpaired) electrons. The molecule has 0 aliphatic rings. The van der Waals surface area contributed by atoms with Gasteiger partial charge in [0.2, 0.25) is 0 Å². The summed E-state index contributed by atoms with van der Waals surface area (Å²) in [6, 6.07) is 0. The molecule has 0 saturated heterocycles. The molecule has 54 valence electrons. The molecule has 0 aromatic carbocycles. The molecule has 0 saturated carbocycles. The summed E-state index contributed by atoms with van der Waals surface area (Å²) in [6.45, 7) is 6.40. The maximum Gasteiger partial charge on any atom is 0.109 e. The predicted molar refractivity (Wildman–Crippen MR) is 34.6 cm³/mol. The Morgan fingerprint density at radius 2 is 2.00 bits per heavy atom. The van der Waals surface area contributed by atoms with Gasteiger partial charge in [-0.1, -0.05) is 20.4 Å². The van der Waals surface area contributed by atoms with Crippen LogP contribution in [0.3, 0.4) is 0 Å². The number of hydrogen-bond acceptors (Lipinski definition) is 0. The summed E-state index contributed by atoms with van der Waals surface area (Å²) in [4.78, 5) is 0. The van der Waals surface area contributed by atoms with Crippen LogP contribution < -0.4 is 0 Å². The molecule has 0 heterocycles. The van der Waals surface area contributed by atoms with Gasteiger partial charge >= 0.3 is 0 Å². The first kappa shape index (κ1) is 8.60. The number of allylic oxidation sites excluding steroid dienone is 1. The van der Waals surface area contributed by atoms with Gasteiger partial charge in [-0.15, -0.1) is 0 Å². The Morgan fingerprint density at radius 3 is 2.11 bits per heavy atom.